The van der Waals surface area contributed by atoms with Crippen molar-refractivity contribution in [1.29, 1.82) is 0 Å². The van der Waals surface area contributed by atoms with Gasteiger partial charge in [-0.2, -0.15) is 0 Å². The molecule has 0 rings (SSSR count). The van der Waals surface area contributed by atoms with Crippen molar-refractivity contribution >= 4 is 43.9 Å². The normalized spacial score (nSPS) is 1.60. The van der Waals surface area contributed by atoms with E-state index in [1.807, 2.05) is 0 Å². The largest absolute Gasteiger partial charge is 2.00 e. The van der Waals surface area contributed by atoms with Crippen LogP contribution in [0.3, 0.4) is 0 Å². The van der Waals surface area contributed by atoms with Crippen molar-refractivity contribution in [2.75, 3.05) is 0 Å². The maximum atomic E-state index is 8.33. The summed E-state index contributed by atoms with van der Waals surface area (Å²) in [7, 11) is 0. The monoisotopic (exact) mass is 280 g/mol. The number of rotatable bonds is 0. The van der Waals surface area contributed by atoms with E-state index >= 15 is 0 Å². The predicted octanol–water partition coefficient (Wildman–Crippen LogP) is -11.1. The molecule has 15 heavy (non-hydrogen) atoms. The fourth-order valence-electron chi connectivity index (χ4n) is 0. The first-order valence-electron chi connectivity index (χ1n) is 0.612. The molecule has 0 saturated carbocycles. The molecule has 0 aromatic carbocycles. The van der Waals surface area contributed by atoms with Gasteiger partial charge < -0.3 is 69.8 Å². The number of carbonyl (C=O) groups is 1. The van der Waals surface area contributed by atoms with Crippen LogP contribution in [0.25, 0.3) is 0 Å². The first kappa shape index (κ1) is 308. The fourth-order valence-corrected chi connectivity index (χ4v) is 0. The molecule has 0 saturated heterocycles. The van der Waals surface area contributed by atoms with Crippen molar-refractivity contribution in [2.24, 2.45) is 0 Å². The van der Waals surface area contributed by atoms with E-state index in [1.165, 1.54) is 0 Å². The molecule has 0 aromatic heterocycles. The molecule has 0 heterocycles. The average molecular weight is 280 g/mol. The Bertz CT molecular complexity index is 33.5. The summed E-state index contributed by atoms with van der Waals surface area (Å²) in [5.74, 6) is 0. The fraction of sp³-hybridized carbons (Fsp3) is 0. The van der Waals surface area contributed by atoms with Crippen molar-refractivity contribution in [2.45, 2.75) is 0 Å². The second-order valence-electron chi connectivity index (χ2n) is 0.250. The summed E-state index contributed by atoms with van der Waals surface area (Å²) in [5.41, 5.74) is 0. The van der Waals surface area contributed by atoms with E-state index in [9.17, 15) is 0 Å². The number of hydrogen-bond acceptors (Lipinski definition) is 3. The average Bonchev–Trinajstić information content (AvgIpc) is 0.811. The molecule has 0 atom stereocenters. The van der Waals surface area contributed by atoms with E-state index in [-0.39, 0.29) is 92.5 Å². The van der Waals surface area contributed by atoms with Crippen LogP contribution in [0.1, 0.15) is 0 Å². The minimum atomic E-state index is -2.33. The maximum absolute atomic E-state index is 8.33. The van der Waals surface area contributed by atoms with Gasteiger partial charge >= 0.3 is 37.7 Å². The van der Waals surface area contributed by atoms with E-state index in [0.717, 1.165) is 0 Å². The Kier molecular flexibility index (Phi) is 5110. The summed E-state index contributed by atoms with van der Waals surface area (Å²) >= 11 is 0. The molecule has 0 fully saturated rings. The van der Waals surface area contributed by atoms with Crippen molar-refractivity contribution in [3.8, 4) is 0 Å². The smallest absolute Gasteiger partial charge is 0.652 e. The minimum absolute atomic E-state index is 0. The third kappa shape index (κ3) is 124000. The molecule has 0 aliphatic rings. The molecule has 0 aromatic rings. The van der Waals surface area contributed by atoms with Crippen LogP contribution in [0.2, 0.25) is 0 Å². The molecule has 0 bridgehead atoms. The van der Waals surface area contributed by atoms with Crippen LogP contribution in [0.5, 0.6) is 0 Å². The minimum Gasteiger partial charge on any atom is -0.652 e. The molecule has 0 aliphatic heterocycles. The van der Waals surface area contributed by atoms with E-state index in [0.29, 0.717) is 0 Å². The van der Waals surface area contributed by atoms with Gasteiger partial charge in [0.15, 0.2) is 0 Å². The Morgan fingerprint density at radius 3 is 0.533 bits per heavy atom. The van der Waals surface area contributed by atoms with Crippen LogP contribution < -0.4 is 10.2 Å². The van der Waals surface area contributed by atoms with Gasteiger partial charge in [0.05, 0.1) is 0 Å². The quantitative estimate of drug-likeness (QED) is 0.389. The molecule has 0 spiro atoms. The van der Waals surface area contributed by atoms with Gasteiger partial charge in [-0.1, -0.05) is 0 Å². The van der Waals surface area contributed by atoms with E-state index < -0.39 is 6.16 Å². The van der Waals surface area contributed by atoms with Gasteiger partial charge in [0.25, 0.3) is 0 Å². The molecule has 104 valence electrons. The van der Waals surface area contributed by atoms with Crippen LogP contribution in [0.15, 0.2) is 0 Å². The predicted molar refractivity (Wildman–Crippen MR) is 47.3 cm³/mol. The topological polar surface area (TPSA) is 378 Å². The molecular weight excluding hydrogens is 260 g/mol. The summed E-state index contributed by atoms with van der Waals surface area (Å²) in [6, 6.07) is 0. The maximum Gasteiger partial charge on any atom is 2.00 e. The SMILES string of the molecule is O.O.O.O.O.O.O.O.O.O.O=C([O-])[O-].[Ca+2]. The summed E-state index contributed by atoms with van der Waals surface area (Å²) in [5, 5.41) is 16.7. The van der Waals surface area contributed by atoms with Gasteiger partial charge in [0.2, 0.25) is 0 Å². The molecule has 20 N–H and O–H groups in total. The third-order valence-electron chi connectivity index (χ3n) is 0. The first-order valence-corrected chi connectivity index (χ1v) is 0.612. The van der Waals surface area contributed by atoms with Crippen molar-refractivity contribution < 1.29 is 69.8 Å². The van der Waals surface area contributed by atoms with Crippen molar-refractivity contribution in [1.82, 2.24) is 0 Å². The second-order valence-corrected chi connectivity index (χ2v) is 0.250. The zero-order valence-electron chi connectivity index (χ0n) is 7.43. The van der Waals surface area contributed by atoms with Crippen molar-refractivity contribution in [3.05, 3.63) is 0 Å². The number of carbonyl (C=O) groups excluding carboxylic acids is 1. The van der Waals surface area contributed by atoms with Gasteiger partial charge in [-0.3, -0.25) is 0 Å². The van der Waals surface area contributed by atoms with Gasteiger partial charge in [-0.05, 0) is 6.16 Å². The molecular formula is CH20CaO13. The summed E-state index contributed by atoms with van der Waals surface area (Å²) in [6.07, 6.45) is -2.33. The van der Waals surface area contributed by atoms with E-state index in [4.69, 9.17) is 15.0 Å². The van der Waals surface area contributed by atoms with Gasteiger partial charge in [-0.15, -0.1) is 0 Å². The van der Waals surface area contributed by atoms with Crippen molar-refractivity contribution in [3.63, 3.8) is 0 Å². The van der Waals surface area contributed by atoms with Crippen LogP contribution in [-0.2, 0) is 0 Å². The molecule has 0 amide bonds. The molecule has 0 unspecified atom stereocenters. The molecule has 13 nitrogen and oxygen atoms in total. The Morgan fingerprint density at radius 1 is 0.533 bits per heavy atom. The number of hydrogen-bond donors (Lipinski definition) is 0. The Labute approximate surface area is 113 Å². The molecule has 0 aliphatic carbocycles. The summed E-state index contributed by atoms with van der Waals surface area (Å²) in [6.45, 7) is 0. The zero-order valence-corrected chi connectivity index (χ0v) is 9.64. The third-order valence-corrected chi connectivity index (χ3v) is 0. The van der Waals surface area contributed by atoms with Crippen LogP contribution >= 0.6 is 0 Å². The van der Waals surface area contributed by atoms with E-state index in [1.54, 1.807) is 0 Å². The summed E-state index contributed by atoms with van der Waals surface area (Å²) < 4.78 is 0. The second kappa shape index (κ2) is 249. The van der Waals surface area contributed by atoms with Gasteiger partial charge in [0.1, 0.15) is 0 Å². The standard InChI is InChI=1S/CH2O3.Ca.10H2O/c2-1(3)4;;;;;;;;;;;/h(H2,2,3,4);;10*1H2/q;+2;;;;;;;;;;/p-2. The zero-order chi connectivity index (χ0) is 3.58. The molecule has 0 radical (unpaired) electrons. The Hall–Kier alpha value is 0.130. The van der Waals surface area contributed by atoms with Crippen LogP contribution in [0, 0.1) is 0 Å². The van der Waals surface area contributed by atoms with Crippen LogP contribution in [-0.4, -0.2) is 98.7 Å². The Morgan fingerprint density at radius 2 is 0.533 bits per heavy atom. The number of carboxylic acid groups (broad SMARTS) is 2. The molecule has 14 heteroatoms. The van der Waals surface area contributed by atoms with Crippen LogP contribution in [0.4, 0.5) is 4.79 Å². The van der Waals surface area contributed by atoms with Gasteiger partial charge in [0, 0.05) is 0 Å². The van der Waals surface area contributed by atoms with E-state index in [2.05, 4.69) is 0 Å². The van der Waals surface area contributed by atoms with Gasteiger partial charge in [-0.25, -0.2) is 0 Å². The first-order chi connectivity index (χ1) is 1.73. The Balaban J connectivity index is -0.000000000818. The summed E-state index contributed by atoms with van der Waals surface area (Å²) in [4.78, 5) is 8.33.